The number of hydrogen-bond donors (Lipinski definition) is 1. The maximum Gasteiger partial charge on any atom is 0.198 e. The topological polar surface area (TPSA) is 52.0 Å². The molecule has 1 heterocycles. The van der Waals surface area contributed by atoms with Crippen molar-refractivity contribution >= 4 is 16.8 Å². The van der Waals surface area contributed by atoms with Crippen molar-refractivity contribution in [3.8, 4) is 0 Å². The molecule has 0 bridgehead atoms. The van der Waals surface area contributed by atoms with Crippen LogP contribution in [0.4, 0.5) is 5.69 Å². The molecule has 1 aromatic heterocycles. The third kappa shape index (κ3) is 2.14. The summed E-state index contributed by atoms with van der Waals surface area (Å²) in [5.41, 5.74) is 8.24. The van der Waals surface area contributed by atoms with E-state index in [2.05, 4.69) is 4.98 Å². The molecule has 3 nitrogen and oxygen atoms in total. The Hall–Kier alpha value is -1.51. The normalized spacial score (nSPS) is 18.4. The molecule has 1 fully saturated rings. The highest BCUT2D eigenvalue weighted by atomic mass is 16.3. The van der Waals surface area contributed by atoms with E-state index in [1.54, 1.807) is 0 Å². The number of hydrogen-bond acceptors (Lipinski definition) is 3. The fraction of sp³-hybridized carbons (Fsp3) is 0.500. The monoisotopic (exact) mass is 230 g/mol. The second kappa shape index (κ2) is 4.40. The molecule has 1 aliphatic carbocycles. The first kappa shape index (κ1) is 10.6. The summed E-state index contributed by atoms with van der Waals surface area (Å²) in [5, 5.41) is 0. The lowest BCUT2D eigenvalue weighted by molar-refractivity contribution is 0.438. The Morgan fingerprint density at radius 1 is 1.12 bits per heavy atom. The van der Waals surface area contributed by atoms with Crippen molar-refractivity contribution in [3.05, 3.63) is 24.1 Å². The van der Waals surface area contributed by atoms with E-state index in [1.807, 2.05) is 18.2 Å². The van der Waals surface area contributed by atoms with Gasteiger partial charge >= 0.3 is 0 Å². The molecule has 1 saturated carbocycles. The van der Waals surface area contributed by atoms with Crippen LogP contribution in [0.5, 0.6) is 0 Å². The molecule has 17 heavy (non-hydrogen) atoms. The summed E-state index contributed by atoms with van der Waals surface area (Å²) in [5.74, 6) is 1.42. The van der Waals surface area contributed by atoms with Gasteiger partial charge in [-0.25, -0.2) is 4.98 Å². The van der Waals surface area contributed by atoms with E-state index in [1.165, 1.54) is 38.5 Å². The zero-order valence-electron chi connectivity index (χ0n) is 9.98. The minimum absolute atomic E-state index is 0.506. The fourth-order valence-electron chi connectivity index (χ4n) is 2.66. The van der Waals surface area contributed by atoms with E-state index in [9.17, 15) is 0 Å². The summed E-state index contributed by atoms with van der Waals surface area (Å²) in [6.07, 6.45) is 7.72. The number of aromatic nitrogens is 1. The van der Waals surface area contributed by atoms with Gasteiger partial charge in [0.15, 0.2) is 11.5 Å². The number of anilines is 1. The predicted octanol–water partition coefficient (Wildman–Crippen LogP) is 3.85. The van der Waals surface area contributed by atoms with Crippen LogP contribution in [0, 0.1) is 0 Å². The maximum atomic E-state index is 5.85. The van der Waals surface area contributed by atoms with Crippen LogP contribution in [-0.4, -0.2) is 4.98 Å². The van der Waals surface area contributed by atoms with Crippen LogP contribution in [-0.2, 0) is 0 Å². The molecule has 90 valence electrons. The first-order valence-corrected chi connectivity index (χ1v) is 6.49. The van der Waals surface area contributed by atoms with Gasteiger partial charge in [0.2, 0.25) is 0 Å². The van der Waals surface area contributed by atoms with Crippen LogP contribution < -0.4 is 5.73 Å². The number of benzene rings is 1. The van der Waals surface area contributed by atoms with Gasteiger partial charge in [0.1, 0.15) is 5.52 Å². The molecule has 3 rings (SSSR count). The minimum Gasteiger partial charge on any atom is -0.440 e. The smallest absolute Gasteiger partial charge is 0.198 e. The SMILES string of the molecule is Nc1ccc2nc(C3CCCCCC3)oc2c1. The molecule has 0 aliphatic heterocycles. The average molecular weight is 230 g/mol. The van der Waals surface area contributed by atoms with E-state index in [0.717, 1.165) is 22.7 Å². The summed E-state index contributed by atoms with van der Waals surface area (Å²) >= 11 is 0. The maximum absolute atomic E-state index is 5.85. The predicted molar refractivity (Wildman–Crippen MR) is 68.9 cm³/mol. The van der Waals surface area contributed by atoms with Gasteiger partial charge in [-0.1, -0.05) is 25.7 Å². The Labute approximate surface area is 101 Å². The van der Waals surface area contributed by atoms with E-state index in [0.29, 0.717) is 5.92 Å². The van der Waals surface area contributed by atoms with E-state index in [-0.39, 0.29) is 0 Å². The van der Waals surface area contributed by atoms with Gasteiger partial charge in [-0.05, 0) is 25.0 Å². The van der Waals surface area contributed by atoms with Crippen LogP contribution in [0.25, 0.3) is 11.1 Å². The molecular formula is C14H18N2O. The summed E-state index contributed by atoms with van der Waals surface area (Å²) in [7, 11) is 0. The number of nitrogen functional groups attached to an aromatic ring is 1. The molecule has 0 saturated heterocycles. The lowest BCUT2D eigenvalue weighted by Gasteiger charge is -2.07. The van der Waals surface area contributed by atoms with Crippen LogP contribution in [0.15, 0.2) is 22.6 Å². The number of nitrogens with two attached hydrogens (primary N) is 1. The molecule has 0 radical (unpaired) electrons. The highest BCUT2D eigenvalue weighted by Gasteiger charge is 2.19. The average Bonchev–Trinajstić information content (AvgIpc) is 2.57. The highest BCUT2D eigenvalue weighted by Crippen LogP contribution is 2.33. The number of nitrogens with zero attached hydrogens (tertiary/aromatic N) is 1. The third-order valence-corrected chi connectivity index (χ3v) is 3.63. The number of oxazole rings is 1. The third-order valence-electron chi connectivity index (χ3n) is 3.63. The molecule has 0 spiro atoms. The molecule has 2 N–H and O–H groups in total. The van der Waals surface area contributed by atoms with Crippen molar-refractivity contribution in [3.63, 3.8) is 0 Å². The molecule has 0 unspecified atom stereocenters. The van der Waals surface area contributed by atoms with Gasteiger partial charge in [-0.15, -0.1) is 0 Å². The van der Waals surface area contributed by atoms with Gasteiger partial charge in [0.05, 0.1) is 0 Å². The molecule has 0 atom stereocenters. The van der Waals surface area contributed by atoms with Gasteiger partial charge < -0.3 is 10.2 Å². The second-order valence-electron chi connectivity index (χ2n) is 4.97. The standard InChI is InChI=1S/C14H18N2O/c15-11-7-8-12-13(9-11)17-14(16-12)10-5-3-1-2-4-6-10/h7-10H,1-6,15H2. The van der Waals surface area contributed by atoms with Gasteiger partial charge in [0, 0.05) is 17.7 Å². The first-order valence-electron chi connectivity index (χ1n) is 6.49. The van der Waals surface area contributed by atoms with Crippen molar-refractivity contribution < 1.29 is 4.42 Å². The molecule has 0 amide bonds. The quantitative estimate of drug-likeness (QED) is 0.598. The van der Waals surface area contributed by atoms with Crippen molar-refractivity contribution in [1.29, 1.82) is 0 Å². The van der Waals surface area contributed by atoms with Crippen LogP contribution in [0.2, 0.25) is 0 Å². The second-order valence-corrected chi connectivity index (χ2v) is 4.97. The Morgan fingerprint density at radius 2 is 1.88 bits per heavy atom. The van der Waals surface area contributed by atoms with Gasteiger partial charge in [0.25, 0.3) is 0 Å². The summed E-state index contributed by atoms with van der Waals surface area (Å²) < 4.78 is 5.85. The van der Waals surface area contributed by atoms with Gasteiger partial charge in [-0.2, -0.15) is 0 Å². The molecule has 1 aliphatic rings. The van der Waals surface area contributed by atoms with Crippen LogP contribution >= 0.6 is 0 Å². The summed E-state index contributed by atoms with van der Waals surface area (Å²) in [6.45, 7) is 0. The molecular weight excluding hydrogens is 212 g/mol. The van der Waals surface area contributed by atoms with Gasteiger partial charge in [-0.3, -0.25) is 0 Å². The molecule has 3 heteroatoms. The zero-order valence-corrected chi connectivity index (χ0v) is 9.98. The molecule has 1 aromatic carbocycles. The Morgan fingerprint density at radius 3 is 2.65 bits per heavy atom. The number of rotatable bonds is 1. The first-order chi connectivity index (χ1) is 8.33. The lowest BCUT2D eigenvalue weighted by Crippen LogP contribution is -1.96. The summed E-state index contributed by atoms with van der Waals surface area (Å²) in [4.78, 5) is 4.60. The van der Waals surface area contributed by atoms with Crippen molar-refractivity contribution in [2.45, 2.75) is 44.4 Å². The Bertz CT molecular complexity index is 510. The van der Waals surface area contributed by atoms with Crippen molar-refractivity contribution in [2.75, 3.05) is 5.73 Å². The molecule has 2 aromatic rings. The van der Waals surface area contributed by atoms with E-state index >= 15 is 0 Å². The van der Waals surface area contributed by atoms with E-state index in [4.69, 9.17) is 10.2 Å². The lowest BCUT2D eigenvalue weighted by atomic mass is 10.0. The fourth-order valence-corrected chi connectivity index (χ4v) is 2.66. The van der Waals surface area contributed by atoms with Crippen molar-refractivity contribution in [1.82, 2.24) is 4.98 Å². The van der Waals surface area contributed by atoms with Crippen LogP contribution in [0.3, 0.4) is 0 Å². The Kier molecular flexibility index (Phi) is 2.75. The Balaban J connectivity index is 1.93. The minimum atomic E-state index is 0.506. The highest BCUT2D eigenvalue weighted by molar-refractivity contribution is 5.76. The van der Waals surface area contributed by atoms with E-state index < -0.39 is 0 Å². The largest absolute Gasteiger partial charge is 0.440 e. The summed E-state index contributed by atoms with van der Waals surface area (Å²) in [6, 6.07) is 5.68. The van der Waals surface area contributed by atoms with Crippen molar-refractivity contribution in [2.24, 2.45) is 0 Å². The zero-order chi connectivity index (χ0) is 11.7. The number of fused-ring (bicyclic) bond motifs is 1. The van der Waals surface area contributed by atoms with Crippen LogP contribution in [0.1, 0.15) is 50.3 Å².